The molecule has 0 unspecified atom stereocenters. The minimum atomic E-state index is 0.294. The zero-order valence-corrected chi connectivity index (χ0v) is 15.3. The zero-order valence-electron chi connectivity index (χ0n) is 15.3. The second kappa shape index (κ2) is 4.79. The van der Waals surface area contributed by atoms with Gasteiger partial charge in [-0.1, -0.05) is 12.5 Å². The van der Waals surface area contributed by atoms with Crippen molar-refractivity contribution in [2.24, 2.45) is 58.7 Å². The van der Waals surface area contributed by atoms with Gasteiger partial charge in [-0.15, -0.1) is 0 Å². The van der Waals surface area contributed by atoms with E-state index in [4.69, 9.17) is 0 Å². The molecule has 5 saturated carbocycles. The molecule has 6 rings (SSSR count). The molecule has 0 amide bonds. The third-order valence-corrected chi connectivity index (χ3v) is 9.55. The molecule has 0 saturated heterocycles. The molecule has 0 N–H and O–H groups in total. The molecule has 0 aromatic carbocycles. The lowest BCUT2D eigenvalue weighted by atomic mass is 9.47. The first-order valence-corrected chi connectivity index (χ1v) is 10.7. The van der Waals surface area contributed by atoms with Crippen LogP contribution in [0.1, 0.15) is 58.3 Å². The molecule has 0 bridgehead atoms. The average molecular weight is 335 g/mol. The van der Waals surface area contributed by atoms with Crippen LogP contribution in [0.25, 0.3) is 0 Å². The summed E-state index contributed by atoms with van der Waals surface area (Å²) in [5.41, 5.74) is 1.82. The van der Waals surface area contributed by atoms with E-state index in [1.165, 1.54) is 44.1 Å². The second-order valence-electron chi connectivity index (χ2n) is 10.5. The number of ketones is 1. The lowest BCUT2D eigenvalue weighted by Crippen LogP contribution is -2.51. The highest BCUT2D eigenvalue weighted by Crippen LogP contribution is 2.75. The van der Waals surface area contributed by atoms with E-state index in [0.717, 1.165) is 54.3 Å². The molecule has 2 nitrogen and oxygen atoms in total. The molecule has 0 spiro atoms. The Hall–Kier alpha value is -1.10. The van der Waals surface area contributed by atoms with Crippen LogP contribution in [0.2, 0.25) is 0 Å². The first-order valence-electron chi connectivity index (χ1n) is 10.7. The molecule has 132 valence electrons. The van der Waals surface area contributed by atoms with Gasteiger partial charge in [0.15, 0.2) is 5.78 Å². The van der Waals surface area contributed by atoms with Crippen molar-refractivity contribution < 1.29 is 4.79 Å². The number of carbonyl (C=O) groups is 1. The van der Waals surface area contributed by atoms with Gasteiger partial charge in [0.2, 0.25) is 0 Å². The minimum absolute atomic E-state index is 0.294. The third kappa shape index (κ3) is 1.88. The highest BCUT2D eigenvalue weighted by atomic mass is 16.1. The van der Waals surface area contributed by atoms with Crippen molar-refractivity contribution in [3.8, 4) is 6.07 Å². The highest BCUT2D eigenvalue weighted by Gasteiger charge is 2.71. The van der Waals surface area contributed by atoms with Crippen molar-refractivity contribution in [3.05, 3.63) is 11.6 Å². The fourth-order valence-corrected chi connectivity index (χ4v) is 8.48. The topological polar surface area (TPSA) is 40.9 Å². The van der Waals surface area contributed by atoms with Crippen LogP contribution in [0.3, 0.4) is 0 Å². The second-order valence-corrected chi connectivity index (χ2v) is 10.5. The fraction of sp³-hybridized carbons (Fsp3) is 0.826. The van der Waals surface area contributed by atoms with Gasteiger partial charge >= 0.3 is 0 Å². The van der Waals surface area contributed by atoms with Gasteiger partial charge in [-0.3, -0.25) is 4.79 Å². The first-order chi connectivity index (χ1) is 12.1. The van der Waals surface area contributed by atoms with Crippen LogP contribution in [-0.4, -0.2) is 5.78 Å². The van der Waals surface area contributed by atoms with Gasteiger partial charge in [-0.05, 0) is 104 Å². The summed E-state index contributed by atoms with van der Waals surface area (Å²) in [5, 5.41) is 9.87. The Morgan fingerprint density at radius 1 is 1.12 bits per heavy atom. The van der Waals surface area contributed by atoms with Gasteiger partial charge in [0.25, 0.3) is 0 Å². The molecule has 9 atom stereocenters. The molecule has 0 heterocycles. The lowest BCUT2D eigenvalue weighted by molar-refractivity contribution is -0.116. The number of rotatable bonds is 1. The summed E-state index contributed by atoms with van der Waals surface area (Å²) >= 11 is 0. The summed E-state index contributed by atoms with van der Waals surface area (Å²) in [6.45, 7) is 2.48. The first kappa shape index (κ1) is 15.0. The van der Waals surface area contributed by atoms with Crippen LogP contribution in [0, 0.1) is 70.0 Å². The van der Waals surface area contributed by atoms with Gasteiger partial charge in [-0.2, -0.15) is 5.26 Å². The van der Waals surface area contributed by atoms with Crippen molar-refractivity contribution in [2.75, 3.05) is 0 Å². The van der Waals surface area contributed by atoms with Gasteiger partial charge in [0.1, 0.15) is 0 Å². The van der Waals surface area contributed by atoms with Crippen LogP contribution in [0.4, 0.5) is 0 Å². The molecule has 0 aliphatic heterocycles. The van der Waals surface area contributed by atoms with E-state index in [9.17, 15) is 10.1 Å². The number of nitriles is 1. The van der Waals surface area contributed by atoms with Crippen molar-refractivity contribution in [2.45, 2.75) is 58.3 Å². The summed E-state index contributed by atoms with van der Waals surface area (Å²) in [4.78, 5) is 12.0. The predicted molar refractivity (Wildman–Crippen MR) is 95.2 cm³/mol. The Kier molecular flexibility index (Phi) is 2.87. The van der Waals surface area contributed by atoms with E-state index >= 15 is 0 Å². The van der Waals surface area contributed by atoms with Crippen LogP contribution < -0.4 is 0 Å². The van der Waals surface area contributed by atoms with Crippen LogP contribution in [0.5, 0.6) is 0 Å². The number of allylic oxidation sites excluding steroid dienone is 1. The van der Waals surface area contributed by atoms with E-state index < -0.39 is 0 Å². The van der Waals surface area contributed by atoms with E-state index in [2.05, 4.69) is 19.1 Å². The number of hydrogen-bond acceptors (Lipinski definition) is 2. The largest absolute Gasteiger partial charge is 0.295 e. The molecule has 6 aliphatic rings. The van der Waals surface area contributed by atoms with Gasteiger partial charge in [0.05, 0.1) is 12.0 Å². The predicted octanol–water partition coefficient (Wildman–Crippen LogP) is 4.76. The zero-order chi connectivity index (χ0) is 16.9. The standard InChI is InChI=1S/C23H29NO/c1-23-7-6-16-15-5-4-14(25)8-13(15)9-17(12-2-3-12)21(16)22(23)19-10-18(19)20(23)11-24/h8,12,15-22H,2-7,9-10H2,1H3/t15-,16+,17+,18-,19+,20-,21-,22-,23+/m0/s1. The maximum absolute atomic E-state index is 12.0. The Labute approximate surface area is 151 Å². The number of nitrogens with zero attached hydrogens (tertiary/aromatic N) is 1. The minimum Gasteiger partial charge on any atom is -0.295 e. The Morgan fingerprint density at radius 3 is 2.72 bits per heavy atom. The number of carbonyl (C=O) groups excluding carboxylic acids is 1. The Balaban J connectivity index is 1.43. The molecule has 5 fully saturated rings. The van der Waals surface area contributed by atoms with E-state index in [-0.39, 0.29) is 0 Å². The monoisotopic (exact) mass is 335 g/mol. The van der Waals surface area contributed by atoms with E-state index in [1.54, 1.807) is 0 Å². The maximum Gasteiger partial charge on any atom is 0.155 e. The van der Waals surface area contributed by atoms with E-state index in [1.807, 2.05) is 0 Å². The fourth-order valence-electron chi connectivity index (χ4n) is 8.48. The maximum atomic E-state index is 12.0. The van der Waals surface area contributed by atoms with Crippen LogP contribution in [-0.2, 0) is 4.79 Å². The van der Waals surface area contributed by atoms with Crippen molar-refractivity contribution in [3.63, 3.8) is 0 Å². The summed E-state index contributed by atoms with van der Waals surface area (Å²) < 4.78 is 0. The van der Waals surface area contributed by atoms with Crippen LogP contribution >= 0.6 is 0 Å². The molecule has 0 aromatic rings. The molecule has 0 radical (unpaired) electrons. The quantitative estimate of drug-likeness (QED) is 0.693. The number of hydrogen-bond donors (Lipinski definition) is 0. The molecular weight excluding hydrogens is 306 g/mol. The Bertz CT molecular complexity index is 712. The Morgan fingerprint density at radius 2 is 1.96 bits per heavy atom. The lowest BCUT2D eigenvalue weighted by Gasteiger charge is -2.57. The van der Waals surface area contributed by atoms with Gasteiger partial charge < -0.3 is 0 Å². The summed E-state index contributed by atoms with van der Waals surface area (Å²) in [6, 6.07) is 2.76. The molecule has 0 aromatic heterocycles. The normalized spacial score (nSPS) is 56.0. The number of fused-ring (bicyclic) bond motifs is 7. The summed E-state index contributed by atoms with van der Waals surface area (Å²) in [7, 11) is 0. The van der Waals surface area contributed by atoms with Gasteiger partial charge in [-0.25, -0.2) is 0 Å². The van der Waals surface area contributed by atoms with Crippen molar-refractivity contribution in [1.29, 1.82) is 5.26 Å². The van der Waals surface area contributed by atoms with Crippen molar-refractivity contribution >= 4 is 5.78 Å². The molecule has 25 heavy (non-hydrogen) atoms. The SMILES string of the molecule is C[C@]12CC[C@H]3[C@H]([C@@H]1[C@@H]1C[C@@H]1[C@@H]2C#N)[C@@H](C1CC1)CC1=CC(=O)CC[C@@H]13. The highest BCUT2D eigenvalue weighted by molar-refractivity contribution is 5.91. The van der Waals surface area contributed by atoms with E-state index in [0.29, 0.717) is 23.0 Å². The summed E-state index contributed by atoms with van der Waals surface area (Å²) in [6.07, 6.45) is 11.9. The average Bonchev–Trinajstić information content (AvgIpc) is 3.50. The summed E-state index contributed by atoms with van der Waals surface area (Å²) in [5.74, 6) is 7.22. The van der Waals surface area contributed by atoms with Crippen LogP contribution in [0.15, 0.2) is 11.6 Å². The molecule has 6 aliphatic carbocycles. The smallest absolute Gasteiger partial charge is 0.155 e. The van der Waals surface area contributed by atoms with Gasteiger partial charge in [0, 0.05) is 6.42 Å². The molecule has 2 heteroatoms. The van der Waals surface area contributed by atoms with Crippen molar-refractivity contribution in [1.82, 2.24) is 0 Å². The third-order valence-electron chi connectivity index (χ3n) is 9.55. The molecular formula is C23H29NO.